The Hall–Kier alpha value is -1.77. The van der Waals surface area contributed by atoms with Crippen molar-refractivity contribution >= 4 is 17.0 Å². The maximum absolute atomic E-state index is 9.77. The van der Waals surface area contributed by atoms with Crippen LogP contribution in [0.25, 0.3) is 11.2 Å². The topological polar surface area (TPSA) is 105 Å². The summed E-state index contributed by atoms with van der Waals surface area (Å²) in [6, 6.07) is 0. The van der Waals surface area contributed by atoms with E-state index in [0.29, 0.717) is 23.4 Å². The molecule has 19 heavy (non-hydrogen) atoms. The predicted molar refractivity (Wildman–Crippen MR) is 66.5 cm³/mol. The van der Waals surface area contributed by atoms with Crippen LogP contribution < -0.4 is 5.32 Å². The van der Waals surface area contributed by atoms with Gasteiger partial charge in [-0.2, -0.15) is 0 Å². The second-order valence-corrected chi connectivity index (χ2v) is 4.41. The highest BCUT2D eigenvalue weighted by Gasteiger charge is 2.35. The first-order valence-electron chi connectivity index (χ1n) is 6.04. The Balaban J connectivity index is 1.98. The number of fused-ring (bicyclic) bond motifs is 1. The van der Waals surface area contributed by atoms with E-state index in [-0.39, 0.29) is 12.8 Å². The van der Waals surface area contributed by atoms with Crippen LogP contribution in [-0.4, -0.2) is 55.6 Å². The van der Waals surface area contributed by atoms with E-state index in [4.69, 9.17) is 9.84 Å². The molecular weight excluding hydrogens is 250 g/mol. The van der Waals surface area contributed by atoms with Gasteiger partial charge in [0.2, 0.25) is 0 Å². The molecule has 0 saturated carbocycles. The van der Waals surface area contributed by atoms with Crippen LogP contribution in [0.3, 0.4) is 0 Å². The number of ether oxygens (including phenoxy) is 1. The first-order valence-corrected chi connectivity index (χ1v) is 6.04. The maximum Gasteiger partial charge on any atom is 0.167 e. The highest BCUT2D eigenvalue weighted by molar-refractivity contribution is 5.82. The molecule has 2 aromatic heterocycles. The summed E-state index contributed by atoms with van der Waals surface area (Å²) in [7, 11) is 1.76. The molecule has 0 spiro atoms. The van der Waals surface area contributed by atoms with Gasteiger partial charge in [0.05, 0.1) is 19.0 Å². The standard InChI is InChI=1S/C11H15N5O3/c1-12-10-9-11(14-4-13-10)16(5-15-9)8-2-6(18)7(3-17)19-8/h4-8,17-18H,2-3H2,1H3,(H,12,13,14)/t6-,7+,8-/m1/s1. The van der Waals surface area contributed by atoms with Crippen molar-refractivity contribution in [1.29, 1.82) is 0 Å². The van der Waals surface area contributed by atoms with Gasteiger partial charge in [-0.1, -0.05) is 0 Å². The van der Waals surface area contributed by atoms with E-state index in [0.717, 1.165) is 0 Å². The number of hydrogen-bond donors (Lipinski definition) is 3. The summed E-state index contributed by atoms with van der Waals surface area (Å²) in [5.41, 5.74) is 1.28. The normalized spacial score (nSPS) is 27.0. The fraction of sp³-hybridized carbons (Fsp3) is 0.545. The number of rotatable bonds is 3. The third-order valence-electron chi connectivity index (χ3n) is 3.29. The van der Waals surface area contributed by atoms with Crippen molar-refractivity contribution in [1.82, 2.24) is 19.5 Å². The van der Waals surface area contributed by atoms with Gasteiger partial charge in [-0.25, -0.2) is 15.0 Å². The number of anilines is 1. The lowest BCUT2D eigenvalue weighted by atomic mass is 10.2. The van der Waals surface area contributed by atoms with E-state index < -0.39 is 12.2 Å². The molecule has 3 atom stereocenters. The summed E-state index contributed by atoms with van der Waals surface area (Å²) in [6.45, 7) is -0.207. The average molecular weight is 265 g/mol. The van der Waals surface area contributed by atoms with Crippen molar-refractivity contribution < 1.29 is 14.9 Å². The van der Waals surface area contributed by atoms with Gasteiger partial charge in [0.1, 0.15) is 24.2 Å². The number of nitrogens with zero attached hydrogens (tertiary/aromatic N) is 4. The van der Waals surface area contributed by atoms with E-state index in [1.807, 2.05) is 0 Å². The molecule has 2 aromatic rings. The Morgan fingerprint density at radius 2 is 2.32 bits per heavy atom. The highest BCUT2D eigenvalue weighted by Crippen LogP contribution is 2.31. The fourth-order valence-electron chi connectivity index (χ4n) is 2.30. The minimum absolute atomic E-state index is 0.207. The quantitative estimate of drug-likeness (QED) is 0.687. The zero-order valence-electron chi connectivity index (χ0n) is 10.4. The van der Waals surface area contributed by atoms with Crippen molar-refractivity contribution in [2.45, 2.75) is 24.9 Å². The minimum atomic E-state index is -0.682. The lowest BCUT2D eigenvalue weighted by Crippen LogP contribution is -2.24. The number of nitrogens with one attached hydrogen (secondary N) is 1. The van der Waals surface area contributed by atoms with Crippen molar-refractivity contribution in [2.24, 2.45) is 0 Å². The Kier molecular flexibility index (Phi) is 3.05. The van der Waals surface area contributed by atoms with Crippen molar-refractivity contribution in [3.63, 3.8) is 0 Å². The molecule has 3 N–H and O–H groups in total. The van der Waals surface area contributed by atoms with Crippen LogP contribution >= 0.6 is 0 Å². The number of aromatic nitrogens is 4. The van der Waals surface area contributed by atoms with Crippen LogP contribution in [0, 0.1) is 0 Å². The van der Waals surface area contributed by atoms with Gasteiger partial charge >= 0.3 is 0 Å². The lowest BCUT2D eigenvalue weighted by Gasteiger charge is -2.13. The molecule has 102 valence electrons. The third kappa shape index (κ3) is 1.93. The van der Waals surface area contributed by atoms with Crippen molar-refractivity contribution in [2.75, 3.05) is 19.0 Å². The van der Waals surface area contributed by atoms with Gasteiger partial charge in [0.15, 0.2) is 11.5 Å². The van der Waals surface area contributed by atoms with Crippen LogP contribution in [0.4, 0.5) is 5.82 Å². The van der Waals surface area contributed by atoms with Crippen LogP contribution in [0.2, 0.25) is 0 Å². The second kappa shape index (κ2) is 4.72. The smallest absolute Gasteiger partial charge is 0.167 e. The molecule has 1 fully saturated rings. The van der Waals surface area contributed by atoms with E-state index in [1.54, 1.807) is 17.9 Å². The number of hydrogen-bond acceptors (Lipinski definition) is 7. The predicted octanol–water partition coefficient (Wildman–Crippen LogP) is -0.491. The maximum atomic E-state index is 9.77. The van der Waals surface area contributed by atoms with Crippen molar-refractivity contribution in [3.8, 4) is 0 Å². The Morgan fingerprint density at radius 1 is 1.47 bits per heavy atom. The zero-order valence-corrected chi connectivity index (χ0v) is 10.4. The number of imidazole rings is 1. The fourth-order valence-corrected chi connectivity index (χ4v) is 2.30. The first kappa shape index (κ1) is 12.3. The summed E-state index contributed by atoms with van der Waals surface area (Å²) in [5.74, 6) is 0.640. The van der Waals surface area contributed by atoms with Gasteiger partial charge in [-0.3, -0.25) is 4.57 Å². The van der Waals surface area contributed by atoms with Gasteiger partial charge in [0.25, 0.3) is 0 Å². The van der Waals surface area contributed by atoms with Crippen LogP contribution in [0.5, 0.6) is 0 Å². The Bertz CT molecular complexity index is 587. The van der Waals surface area contributed by atoms with Crippen LogP contribution in [0.1, 0.15) is 12.6 Å². The molecule has 8 nitrogen and oxygen atoms in total. The average Bonchev–Trinajstić information content (AvgIpc) is 3.01. The zero-order chi connectivity index (χ0) is 13.4. The molecule has 0 amide bonds. The SMILES string of the molecule is CNc1ncnc2c1ncn2[C@H]1C[C@@H](O)[C@H](CO)O1. The van der Waals surface area contributed by atoms with Crippen molar-refractivity contribution in [3.05, 3.63) is 12.7 Å². The number of aliphatic hydroxyl groups is 2. The largest absolute Gasteiger partial charge is 0.394 e. The molecule has 3 rings (SSSR count). The summed E-state index contributed by atoms with van der Waals surface area (Å²) in [4.78, 5) is 12.5. The van der Waals surface area contributed by atoms with Gasteiger partial charge in [-0.05, 0) is 0 Å². The third-order valence-corrected chi connectivity index (χ3v) is 3.29. The monoisotopic (exact) mass is 265 g/mol. The van der Waals surface area contributed by atoms with E-state index >= 15 is 0 Å². The van der Waals surface area contributed by atoms with Crippen LogP contribution in [0.15, 0.2) is 12.7 Å². The number of aliphatic hydroxyl groups excluding tert-OH is 2. The lowest BCUT2D eigenvalue weighted by molar-refractivity contribution is -0.0432. The summed E-state index contributed by atoms with van der Waals surface area (Å²) in [6.07, 6.45) is 1.83. The van der Waals surface area contributed by atoms with E-state index in [1.165, 1.54) is 6.33 Å². The van der Waals surface area contributed by atoms with Gasteiger partial charge in [-0.15, -0.1) is 0 Å². The summed E-state index contributed by atoms with van der Waals surface area (Å²) >= 11 is 0. The van der Waals surface area contributed by atoms with E-state index in [9.17, 15) is 5.11 Å². The molecule has 8 heteroatoms. The molecule has 3 heterocycles. The molecule has 0 radical (unpaired) electrons. The second-order valence-electron chi connectivity index (χ2n) is 4.41. The minimum Gasteiger partial charge on any atom is -0.394 e. The highest BCUT2D eigenvalue weighted by atomic mass is 16.5. The molecule has 1 aliphatic rings. The molecule has 0 aromatic carbocycles. The summed E-state index contributed by atoms with van der Waals surface area (Å²) in [5, 5.41) is 21.8. The van der Waals surface area contributed by atoms with Crippen LogP contribution in [-0.2, 0) is 4.74 Å². The van der Waals surface area contributed by atoms with Gasteiger partial charge < -0.3 is 20.3 Å². The molecule has 0 bridgehead atoms. The van der Waals surface area contributed by atoms with E-state index in [2.05, 4.69) is 20.3 Å². The summed E-state index contributed by atoms with van der Waals surface area (Å²) < 4.78 is 7.34. The molecule has 0 unspecified atom stereocenters. The molecule has 0 aliphatic carbocycles. The van der Waals surface area contributed by atoms with Gasteiger partial charge in [0, 0.05) is 13.5 Å². The molecular formula is C11H15N5O3. The molecule has 1 aliphatic heterocycles. The molecule has 1 saturated heterocycles. The first-order chi connectivity index (χ1) is 9.24. The Labute approximate surface area is 109 Å². The Morgan fingerprint density at radius 3 is 3.00 bits per heavy atom.